The molecule has 110 valence electrons. The minimum Gasteiger partial charge on any atom is -0.480 e. The summed E-state index contributed by atoms with van der Waals surface area (Å²) in [7, 11) is 0. The summed E-state index contributed by atoms with van der Waals surface area (Å²) in [6, 6.07) is 6.88. The molecule has 5 heteroatoms. The molecule has 0 heterocycles. The second kappa shape index (κ2) is 8.32. The van der Waals surface area contributed by atoms with E-state index in [9.17, 15) is 14.7 Å². The Kier molecular flexibility index (Phi) is 6.73. The standard InChI is InChI=1S/C15H22N2O3/c1-3-12-5-7-13(8-6-12)14(15(19)20)17-10-4-9-16-11(2)18/h5-8,14,17H,3-4,9-10H2,1-2H3,(H,16,18)(H,19,20). The van der Waals surface area contributed by atoms with Gasteiger partial charge in [0.05, 0.1) is 0 Å². The van der Waals surface area contributed by atoms with Gasteiger partial charge in [-0.05, 0) is 30.5 Å². The minimum atomic E-state index is -0.895. The summed E-state index contributed by atoms with van der Waals surface area (Å²) in [5.41, 5.74) is 1.93. The molecule has 3 N–H and O–H groups in total. The number of rotatable bonds is 8. The first-order chi connectivity index (χ1) is 9.54. The van der Waals surface area contributed by atoms with Gasteiger partial charge in [0.15, 0.2) is 0 Å². The highest BCUT2D eigenvalue weighted by atomic mass is 16.4. The zero-order chi connectivity index (χ0) is 15.0. The van der Waals surface area contributed by atoms with Crippen LogP contribution in [0.15, 0.2) is 24.3 Å². The number of carbonyl (C=O) groups excluding carboxylic acids is 1. The molecule has 1 unspecified atom stereocenters. The van der Waals surface area contributed by atoms with E-state index >= 15 is 0 Å². The molecule has 0 bridgehead atoms. The number of hydrogen-bond donors (Lipinski definition) is 3. The summed E-state index contributed by atoms with van der Waals surface area (Å²) in [4.78, 5) is 22.0. The van der Waals surface area contributed by atoms with Crippen LogP contribution in [0.2, 0.25) is 0 Å². The number of carboxylic acid groups (broad SMARTS) is 1. The smallest absolute Gasteiger partial charge is 0.325 e. The van der Waals surface area contributed by atoms with Crippen molar-refractivity contribution in [1.29, 1.82) is 0 Å². The number of benzene rings is 1. The van der Waals surface area contributed by atoms with Crippen LogP contribution in [0.1, 0.15) is 37.4 Å². The van der Waals surface area contributed by atoms with Gasteiger partial charge >= 0.3 is 5.97 Å². The molecule has 1 amide bonds. The molecule has 0 fully saturated rings. The molecule has 1 aromatic carbocycles. The number of carboxylic acids is 1. The lowest BCUT2D eigenvalue weighted by molar-refractivity contribution is -0.139. The SMILES string of the molecule is CCc1ccc(C(NCCCNC(C)=O)C(=O)O)cc1. The monoisotopic (exact) mass is 278 g/mol. The Bertz CT molecular complexity index is 443. The van der Waals surface area contributed by atoms with Crippen molar-refractivity contribution >= 4 is 11.9 Å². The summed E-state index contributed by atoms with van der Waals surface area (Å²) >= 11 is 0. The van der Waals surface area contributed by atoms with Gasteiger partial charge in [0.2, 0.25) is 5.91 Å². The molecule has 0 aromatic heterocycles. The Morgan fingerprint density at radius 2 is 1.85 bits per heavy atom. The molecule has 1 aromatic rings. The van der Waals surface area contributed by atoms with E-state index in [0.29, 0.717) is 19.5 Å². The Hall–Kier alpha value is -1.88. The van der Waals surface area contributed by atoms with Crippen molar-refractivity contribution in [3.8, 4) is 0 Å². The third-order valence-corrected chi connectivity index (χ3v) is 3.04. The van der Waals surface area contributed by atoms with Crippen LogP contribution in [0.4, 0.5) is 0 Å². The van der Waals surface area contributed by atoms with Crippen LogP contribution in [0.25, 0.3) is 0 Å². The fourth-order valence-electron chi connectivity index (χ4n) is 1.89. The first-order valence-electron chi connectivity index (χ1n) is 6.84. The van der Waals surface area contributed by atoms with Crippen LogP contribution >= 0.6 is 0 Å². The molecular weight excluding hydrogens is 256 g/mol. The van der Waals surface area contributed by atoms with E-state index in [1.807, 2.05) is 24.3 Å². The lowest BCUT2D eigenvalue weighted by atomic mass is 10.0. The Labute approximate surface area is 119 Å². The predicted molar refractivity (Wildman–Crippen MR) is 77.5 cm³/mol. The van der Waals surface area contributed by atoms with Gasteiger partial charge in [0.25, 0.3) is 0 Å². The van der Waals surface area contributed by atoms with Crippen LogP contribution in [0.5, 0.6) is 0 Å². The maximum absolute atomic E-state index is 11.3. The third kappa shape index (κ3) is 5.40. The zero-order valence-corrected chi connectivity index (χ0v) is 12.0. The van der Waals surface area contributed by atoms with Gasteiger partial charge in [-0.2, -0.15) is 0 Å². The predicted octanol–water partition coefficient (Wildman–Crippen LogP) is 1.49. The number of amides is 1. The Morgan fingerprint density at radius 1 is 1.20 bits per heavy atom. The summed E-state index contributed by atoms with van der Waals surface area (Å²) in [5.74, 6) is -0.969. The van der Waals surface area contributed by atoms with E-state index in [2.05, 4.69) is 17.6 Å². The summed E-state index contributed by atoms with van der Waals surface area (Å²) in [6.07, 6.45) is 1.62. The number of nitrogens with one attached hydrogen (secondary N) is 2. The number of hydrogen-bond acceptors (Lipinski definition) is 3. The van der Waals surface area contributed by atoms with E-state index in [0.717, 1.165) is 12.0 Å². The van der Waals surface area contributed by atoms with Crippen molar-refractivity contribution in [3.63, 3.8) is 0 Å². The van der Waals surface area contributed by atoms with Crippen LogP contribution in [0.3, 0.4) is 0 Å². The molecule has 0 aliphatic carbocycles. The second-order valence-corrected chi connectivity index (χ2v) is 4.66. The molecule has 0 spiro atoms. The molecule has 0 aliphatic rings. The van der Waals surface area contributed by atoms with E-state index < -0.39 is 12.0 Å². The molecular formula is C15H22N2O3. The molecule has 0 saturated heterocycles. The number of aryl methyl sites for hydroxylation is 1. The molecule has 1 rings (SSSR count). The van der Waals surface area contributed by atoms with Crippen molar-refractivity contribution < 1.29 is 14.7 Å². The molecule has 1 atom stereocenters. The minimum absolute atomic E-state index is 0.0741. The number of carbonyl (C=O) groups is 2. The zero-order valence-electron chi connectivity index (χ0n) is 12.0. The highest BCUT2D eigenvalue weighted by Crippen LogP contribution is 2.14. The van der Waals surface area contributed by atoms with Gasteiger partial charge in [-0.25, -0.2) is 0 Å². The van der Waals surface area contributed by atoms with Gasteiger partial charge in [-0.1, -0.05) is 31.2 Å². The maximum Gasteiger partial charge on any atom is 0.325 e. The van der Waals surface area contributed by atoms with Crippen LogP contribution in [0, 0.1) is 0 Å². The Balaban J connectivity index is 2.51. The van der Waals surface area contributed by atoms with Crippen LogP contribution in [-0.2, 0) is 16.0 Å². The second-order valence-electron chi connectivity index (χ2n) is 4.66. The highest BCUT2D eigenvalue weighted by Gasteiger charge is 2.18. The molecule has 5 nitrogen and oxygen atoms in total. The third-order valence-electron chi connectivity index (χ3n) is 3.04. The quantitative estimate of drug-likeness (QED) is 0.630. The molecule has 0 saturated carbocycles. The van der Waals surface area contributed by atoms with E-state index in [1.54, 1.807) is 0 Å². The van der Waals surface area contributed by atoms with E-state index in [1.165, 1.54) is 12.5 Å². The van der Waals surface area contributed by atoms with Crippen molar-refractivity contribution in [2.24, 2.45) is 0 Å². The first-order valence-corrected chi connectivity index (χ1v) is 6.84. The Morgan fingerprint density at radius 3 is 2.35 bits per heavy atom. The van der Waals surface area contributed by atoms with Crippen molar-refractivity contribution in [2.75, 3.05) is 13.1 Å². The average Bonchev–Trinajstić information content (AvgIpc) is 2.42. The normalized spacial score (nSPS) is 11.9. The van der Waals surface area contributed by atoms with Gasteiger partial charge in [-0.15, -0.1) is 0 Å². The lowest BCUT2D eigenvalue weighted by Gasteiger charge is -2.15. The maximum atomic E-state index is 11.3. The summed E-state index contributed by atoms with van der Waals surface area (Å²) in [5, 5.41) is 14.9. The van der Waals surface area contributed by atoms with Crippen molar-refractivity contribution in [3.05, 3.63) is 35.4 Å². The van der Waals surface area contributed by atoms with Gasteiger partial charge in [-0.3, -0.25) is 9.59 Å². The fourth-order valence-corrected chi connectivity index (χ4v) is 1.89. The first kappa shape index (κ1) is 16.2. The average molecular weight is 278 g/mol. The van der Waals surface area contributed by atoms with E-state index in [-0.39, 0.29) is 5.91 Å². The summed E-state index contributed by atoms with van der Waals surface area (Å²) in [6.45, 7) is 4.60. The van der Waals surface area contributed by atoms with Gasteiger partial charge in [0.1, 0.15) is 6.04 Å². The topological polar surface area (TPSA) is 78.4 Å². The fraction of sp³-hybridized carbons (Fsp3) is 0.467. The van der Waals surface area contributed by atoms with Gasteiger partial charge < -0.3 is 15.7 Å². The molecule has 20 heavy (non-hydrogen) atoms. The molecule has 0 aliphatic heterocycles. The highest BCUT2D eigenvalue weighted by molar-refractivity contribution is 5.75. The van der Waals surface area contributed by atoms with Crippen LogP contribution < -0.4 is 10.6 Å². The van der Waals surface area contributed by atoms with Crippen molar-refractivity contribution in [1.82, 2.24) is 10.6 Å². The van der Waals surface area contributed by atoms with E-state index in [4.69, 9.17) is 0 Å². The van der Waals surface area contributed by atoms with Crippen molar-refractivity contribution in [2.45, 2.75) is 32.7 Å². The summed E-state index contributed by atoms with van der Waals surface area (Å²) < 4.78 is 0. The number of aliphatic carboxylic acids is 1. The van der Waals surface area contributed by atoms with Crippen LogP contribution in [-0.4, -0.2) is 30.1 Å². The lowest BCUT2D eigenvalue weighted by Crippen LogP contribution is -2.31. The van der Waals surface area contributed by atoms with Gasteiger partial charge in [0, 0.05) is 13.5 Å². The largest absolute Gasteiger partial charge is 0.480 e. The molecule has 0 radical (unpaired) electrons.